The Morgan fingerprint density at radius 1 is 1.07 bits per heavy atom. The maximum absolute atomic E-state index is 15.5. The van der Waals surface area contributed by atoms with E-state index < -0.39 is 23.1 Å². The summed E-state index contributed by atoms with van der Waals surface area (Å²) in [5, 5.41) is 5.84. The monoisotopic (exact) mass is 539 g/mol. The molecule has 0 fully saturated rings. The summed E-state index contributed by atoms with van der Waals surface area (Å²) in [7, 11) is 0. The fourth-order valence-corrected chi connectivity index (χ4v) is 4.76. The molecule has 11 heteroatoms. The lowest BCUT2D eigenvalue weighted by Gasteiger charge is -2.12. The van der Waals surface area contributed by atoms with E-state index >= 15 is 4.39 Å². The molecule has 6 rings (SSSR count). The van der Waals surface area contributed by atoms with Crippen LogP contribution in [0.15, 0.2) is 84.1 Å². The van der Waals surface area contributed by atoms with Crippen molar-refractivity contribution in [2.24, 2.45) is 0 Å². The Morgan fingerprint density at radius 3 is 2.65 bits per heavy atom. The summed E-state index contributed by atoms with van der Waals surface area (Å²) >= 11 is 0. The highest BCUT2D eigenvalue weighted by atomic mass is 19.1. The Kier molecular flexibility index (Phi) is 6.40. The molecule has 2 aromatic carbocycles. The predicted molar refractivity (Wildman–Crippen MR) is 148 cm³/mol. The molecule has 3 aromatic heterocycles. The van der Waals surface area contributed by atoms with Gasteiger partial charge in [-0.2, -0.15) is 0 Å². The van der Waals surface area contributed by atoms with Crippen molar-refractivity contribution in [2.75, 3.05) is 24.1 Å². The number of fused-ring (bicyclic) bond motifs is 1. The fraction of sp³-hybridized carbons (Fsp3) is 0.103. The molecule has 0 spiro atoms. The van der Waals surface area contributed by atoms with E-state index in [0.717, 1.165) is 24.6 Å². The largest absolute Gasteiger partial charge is 0.382 e. The standard InChI is InChI=1S/C29H23F2N7O2/c30-18-3-6-20(7-4-18)37-14-1-2-22(29(37)40)28(39)35-19-5-8-21(23(31)16-19)24-25-26(32)34-13-15-38(25)27(36-24)17-9-11-33-12-10-17/h1-9,13-16,33H,10-12H2,(H2,32,34)(H,35,39). The van der Waals surface area contributed by atoms with E-state index in [9.17, 15) is 14.0 Å². The van der Waals surface area contributed by atoms with E-state index in [1.54, 1.807) is 12.4 Å². The molecule has 0 aliphatic carbocycles. The summed E-state index contributed by atoms with van der Waals surface area (Å²) in [6.07, 6.45) is 7.59. The average molecular weight is 540 g/mol. The molecule has 4 N–H and O–H groups in total. The van der Waals surface area contributed by atoms with Crippen LogP contribution in [0.2, 0.25) is 0 Å². The van der Waals surface area contributed by atoms with E-state index in [2.05, 4.69) is 15.6 Å². The zero-order valence-electron chi connectivity index (χ0n) is 21.1. The molecule has 0 saturated carbocycles. The van der Waals surface area contributed by atoms with Crippen molar-refractivity contribution >= 4 is 28.5 Å². The average Bonchev–Trinajstić information content (AvgIpc) is 3.35. The van der Waals surface area contributed by atoms with Gasteiger partial charge in [-0.15, -0.1) is 0 Å². The van der Waals surface area contributed by atoms with Crippen LogP contribution in [0.5, 0.6) is 0 Å². The number of nitrogens with zero attached hydrogens (tertiary/aromatic N) is 4. The molecule has 1 aliphatic rings. The molecule has 0 atom stereocenters. The van der Waals surface area contributed by atoms with Crippen LogP contribution >= 0.6 is 0 Å². The number of aromatic nitrogens is 4. The molecule has 9 nitrogen and oxygen atoms in total. The lowest BCUT2D eigenvalue weighted by molar-refractivity contribution is 0.102. The van der Waals surface area contributed by atoms with Gasteiger partial charge in [-0.25, -0.2) is 18.7 Å². The van der Waals surface area contributed by atoms with Gasteiger partial charge in [0.1, 0.15) is 40.1 Å². The van der Waals surface area contributed by atoms with Crippen LogP contribution in [0.25, 0.3) is 28.0 Å². The molecule has 0 unspecified atom stereocenters. The van der Waals surface area contributed by atoms with Gasteiger partial charge in [-0.05, 0) is 73.1 Å². The molecule has 0 saturated heterocycles. The molecule has 4 heterocycles. The molecule has 1 aliphatic heterocycles. The number of nitrogens with two attached hydrogens (primary N) is 1. The minimum Gasteiger partial charge on any atom is -0.382 e. The van der Waals surface area contributed by atoms with Crippen LogP contribution in [0.3, 0.4) is 0 Å². The Bertz CT molecular complexity index is 1860. The number of anilines is 2. The van der Waals surface area contributed by atoms with E-state index in [0.29, 0.717) is 29.3 Å². The number of nitrogens with one attached hydrogen (secondary N) is 2. The highest BCUT2D eigenvalue weighted by Crippen LogP contribution is 2.33. The highest BCUT2D eigenvalue weighted by molar-refractivity contribution is 6.04. The zero-order valence-corrected chi connectivity index (χ0v) is 21.1. The van der Waals surface area contributed by atoms with E-state index in [1.807, 2.05) is 10.5 Å². The smallest absolute Gasteiger partial charge is 0.267 e. The van der Waals surface area contributed by atoms with Gasteiger partial charge in [0.15, 0.2) is 0 Å². The topological polar surface area (TPSA) is 119 Å². The number of hydrogen-bond acceptors (Lipinski definition) is 6. The molecule has 5 aromatic rings. The maximum Gasteiger partial charge on any atom is 0.267 e. The number of rotatable bonds is 5. The molecular weight excluding hydrogens is 516 g/mol. The normalized spacial score (nSPS) is 13.3. The second-order valence-electron chi connectivity index (χ2n) is 9.22. The summed E-state index contributed by atoms with van der Waals surface area (Å²) < 4.78 is 31.9. The second-order valence-corrected chi connectivity index (χ2v) is 9.22. The Labute approximate surface area is 226 Å². The van der Waals surface area contributed by atoms with Gasteiger partial charge in [0.05, 0.1) is 0 Å². The number of imidazole rings is 1. The third kappa shape index (κ3) is 4.52. The number of hydrogen-bond donors (Lipinski definition) is 3. The first-order valence-corrected chi connectivity index (χ1v) is 12.5. The summed E-state index contributed by atoms with van der Waals surface area (Å²) in [6, 6.07) is 12.4. The molecular formula is C29H23F2N7O2. The Hall–Kier alpha value is -5.16. The van der Waals surface area contributed by atoms with Crippen molar-refractivity contribution < 1.29 is 13.6 Å². The van der Waals surface area contributed by atoms with Crippen molar-refractivity contribution in [1.82, 2.24) is 24.3 Å². The molecule has 0 bridgehead atoms. The minimum atomic E-state index is -0.713. The van der Waals surface area contributed by atoms with Gasteiger partial charge in [0, 0.05) is 42.1 Å². The van der Waals surface area contributed by atoms with Crippen LogP contribution < -0.4 is 21.9 Å². The Morgan fingerprint density at radius 2 is 1.90 bits per heavy atom. The Balaban J connectivity index is 1.32. The van der Waals surface area contributed by atoms with Gasteiger partial charge >= 0.3 is 0 Å². The number of carbonyl (C=O) groups is 1. The first-order chi connectivity index (χ1) is 19.4. The summed E-state index contributed by atoms with van der Waals surface area (Å²) in [5.74, 6) is -0.917. The van der Waals surface area contributed by atoms with Crippen molar-refractivity contribution in [1.29, 1.82) is 0 Å². The number of nitrogen functional groups attached to an aromatic ring is 1. The number of carbonyl (C=O) groups excluding carboxylic acids is 1. The second kappa shape index (κ2) is 10.2. The summed E-state index contributed by atoms with van der Waals surface area (Å²) in [5.41, 5.74) is 8.01. The lowest BCUT2D eigenvalue weighted by atomic mass is 10.1. The molecule has 0 radical (unpaired) electrons. The third-order valence-corrected chi connectivity index (χ3v) is 6.71. The van der Waals surface area contributed by atoms with E-state index in [-0.39, 0.29) is 22.6 Å². The number of amides is 1. The van der Waals surface area contributed by atoms with E-state index in [4.69, 9.17) is 10.7 Å². The predicted octanol–water partition coefficient (Wildman–Crippen LogP) is 4.04. The number of benzene rings is 2. The summed E-state index contributed by atoms with van der Waals surface area (Å²) in [4.78, 5) is 34.9. The quantitative estimate of drug-likeness (QED) is 0.310. The van der Waals surface area contributed by atoms with Gasteiger partial charge in [0.2, 0.25) is 0 Å². The van der Waals surface area contributed by atoms with E-state index in [1.165, 1.54) is 59.3 Å². The lowest BCUT2D eigenvalue weighted by Crippen LogP contribution is -2.27. The minimum absolute atomic E-state index is 0.152. The van der Waals surface area contributed by atoms with Gasteiger partial charge in [-0.3, -0.25) is 18.6 Å². The number of halogens is 2. The molecule has 200 valence electrons. The first-order valence-electron chi connectivity index (χ1n) is 12.5. The fourth-order valence-electron chi connectivity index (χ4n) is 4.76. The number of pyridine rings is 1. The summed E-state index contributed by atoms with van der Waals surface area (Å²) in [6.45, 7) is 1.51. The SMILES string of the molecule is Nc1nccn2c(C3=CCNCC3)nc(-c3ccc(NC(=O)c4cccn(-c5ccc(F)cc5)c4=O)cc3F)c12. The van der Waals surface area contributed by atoms with Gasteiger partial charge < -0.3 is 16.4 Å². The van der Waals surface area contributed by atoms with Gasteiger partial charge in [-0.1, -0.05) is 6.08 Å². The molecule has 1 amide bonds. The zero-order chi connectivity index (χ0) is 27.8. The van der Waals surface area contributed by atoms with Crippen LogP contribution in [0.4, 0.5) is 20.3 Å². The van der Waals surface area contributed by atoms with Gasteiger partial charge in [0.25, 0.3) is 11.5 Å². The maximum atomic E-state index is 15.5. The van der Waals surface area contributed by atoms with Crippen molar-refractivity contribution in [3.63, 3.8) is 0 Å². The van der Waals surface area contributed by atoms with Crippen LogP contribution in [-0.4, -0.2) is 37.9 Å². The van der Waals surface area contributed by atoms with Crippen molar-refractivity contribution in [2.45, 2.75) is 6.42 Å². The van der Waals surface area contributed by atoms with Crippen LogP contribution in [-0.2, 0) is 0 Å². The van der Waals surface area contributed by atoms with Crippen molar-refractivity contribution in [3.05, 3.63) is 113 Å². The highest BCUT2D eigenvalue weighted by Gasteiger charge is 2.22. The van der Waals surface area contributed by atoms with Crippen LogP contribution in [0.1, 0.15) is 22.6 Å². The van der Waals surface area contributed by atoms with Crippen LogP contribution in [0, 0.1) is 11.6 Å². The molecule has 40 heavy (non-hydrogen) atoms. The first kappa shape index (κ1) is 25.1. The third-order valence-electron chi connectivity index (χ3n) is 6.71. The van der Waals surface area contributed by atoms with Crippen molar-refractivity contribution in [3.8, 4) is 16.9 Å².